The summed E-state index contributed by atoms with van der Waals surface area (Å²) in [7, 11) is 0. The van der Waals surface area contributed by atoms with E-state index in [0.717, 1.165) is 17.8 Å². The maximum atomic E-state index is 12.1. The Morgan fingerprint density at radius 2 is 2.22 bits per heavy atom. The number of nitrogens with zero attached hydrogens (tertiary/aromatic N) is 1. The van der Waals surface area contributed by atoms with Crippen LogP contribution in [0, 0.1) is 29.7 Å². The van der Waals surface area contributed by atoms with Crippen LogP contribution in [0.15, 0.2) is 24.3 Å². The Kier molecular flexibility index (Phi) is 7.67. The first-order chi connectivity index (χ1) is 12.9. The molecule has 2 N–H and O–H groups in total. The number of aliphatic hydroxyl groups excluding tert-OH is 1. The summed E-state index contributed by atoms with van der Waals surface area (Å²) in [6.07, 6.45) is 5.38. The first-order valence-corrected chi connectivity index (χ1v) is 9.73. The molecule has 0 saturated carbocycles. The number of thiophene rings is 1. The van der Waals surface area contributed by atoms with Gasteiger partial charge in [0.1, 0.15) is 4.88 Å². The average molecular weight is 385 g/mol. The molecule has 2 unspecified atom stereocenters. The van der Waals surface area contributed by atoms with E-state index in [4.69, 9.17) is 5.11 Å². The van der Waals surface area contributed by atoms with Gasteiger partial charge in [-0.15, -0.1) is 23.2 Å². The van der Waals surface area contributed by atoms with Crippen molar-refractivity contribution in [3.05, 3.63) is 34.0 Å². The molecule has 0 spiro atoms. The summed E-state index contributed by atoms with van der Waals surface area (Å²) in [6.45, 7) is 3.92. The second kappa shape index (κ2) is 9.97. The van der Waals surface area contributed by atoms with E-state index in [2.05, 4.69) is 23.8 Å². The van der Waals surface area contributed by atoms with Gasteiger partial charge in [0.05, 0.1) is 17.0 Å². The van der Waals surface area contributed by atoms with Gasteiger partial charge >= 0.3 is 5.97 Å². The number of hydrogen-bond donors (Lipinski definition) is 2. The number of carboxylic acids is 1. The Hall–Kier alpha value is -2.54. The van der Waals surface area contributed by atoms with E-state index in [1.165, 1.54) is 11.0 Å². The van der Waals surface area contributed by atoms with Gasteiger partial charge in [-0.1, -0.05) is 26.0 Å². The van der Waals surface area contributed by atoms with Gasteiger partial charge in [-0.3, -0.25) is 9.69 Å². The molecule has 0 aliphatic carbocycles. The third-order valence-electron chi connectivity index (χ3n) is 4.21. The molecule has 6 heteroatoms. The van der Waals surface area contributed by atoms with Gasteiger partial charge in [-0.05, 0) is 30.4 Å². The molecule has 0 aromatic carbocycles. The van der Waals surface area contributed by atoms with Crippen LogP contribution < -0.4 is 0 Å². The molecule has 1 saturated heterocycles. The highest BCUT2D eigenvalue weighted by Crippen LogP contribution is 2.21. The van der Waals surface area contributed by atoms with Gasteiger partial charge < -0.3 is 10.2 Å². The van der Waals surface area contributed by atoms with Crippen molar-refractivity contribution in [1.82, 2.24) is 4.90 Å². The third kappa shape index (κ3) is 5.99. The lowest BCUT2D eigenvalue weighted by atomic mass is 10.00. The Bertz CT molecular complexity index is 834. The molecule has 0 radical (unpaired) electrons. The van der Waals surface area contributed by atoms with E-state index in [1.807, 2.05) is 19.9 Å². The lowest BCUT2D eigenvalue weighted by Gasteiger charge is -2.17. The van der Waals surface area contributed by atoms with Crippen LogP contribution >= 0.6 is 11.3 Å². The maximum Gasteiger partial charge on any atom is 0.345 e. The second-order valence-corrected chi connectivity index (χ2v) is 7.42. The molecule has 2 rings (SSSR count). The molecule has 1 aromatic rings. The van der Waals surface area contributed by atoms with E-state index in [1.54, 1.807) is 12.1 Å². The monoisotopic (exact) mass is 385 g/mol. The van der Waals surface area contributed by atoms with Crippen LogP contribution in [0.5, 0.6) is 0 Å². The fourth-order valence-corrected chi connectivity index (χ4v) is 3.27. The standard InChI is InChI=1S/C21H23NO4S/c1-3-4-5-6-15(2)18(23)10-7-16-8-12-20(24)22(16)14-13-17-9-11-19(27-17)21(25)26/h7,9-11,15-16,18,23H,3,6,8,12H2,1-2H3,(H,25,26)/b10-7+/t15?,16-,18?/m0/s1. The molecule has 1 amide bonds. The van der Waals surface area contributed by atoms with Crippen molar-refractivity contribution in [3.8, 4) is 23.8 Å². The van der Waals surface area contributed by atoms with Gasteiger partial charge in [0.2, 0.25) is 5.91 Å². The smallest absolute Gasteiger partial charge is 0.345 e. The van der Waals surface area contributed by atoms with Crippen LogP contribution in [-0.4, -0.2) is 39.1 Å². The number of hydrogen-bond acceptors (Lipinski definition) is 4. The lowest BCUT2D eigenvalue weighted by molar-refractivity contribution is -0.125. The van der Waals surface area contributed by atoms with Crippen LogP contribution in [0.4, 0.5) is 0 Å². The van der Waals surface area contributed by atoms with E-state index in [-0.39, 0.29) is 22.7 Å². The van der Waals surface area contributed by atoms with Crippen molar-refractivity contribution >= 4 is 23.2 Å². The van der Waals surface area contributed by atoms with Crippen LogP contribution in [0.3, 0.4) is 0 Å². The highest BCUT2D eigenvalue weighted by molar-refractivity contribution is 7.14. The molecule has 1 aliphatic heterocycles. The molecular formula is C21H23NO4S. The summed E-state index contributed by atoms with van der Waals surface area (Å²) in [5.74, 6) is 7.85. The molecule has 0 bridgehead atoms. The largest absolute Gasteiger partial charge is 0.477 e. The number of carbonyl (C=O) groups is 2. The van der Waals surface area contributed by atoms with E-state index in [0.29, 0.717) is 24.1 Å². The Labute approximate surface area is 163 Å². The molecule has 27 heavy (non-hydrogen) atoms. The molecular weight excluding hydrogens is 362 g/mol. The van der Waals surface area contributed by atoms with Crippen molar-refractivity contribution in [3.63, 3.8) is 0 Å². The lowest BCUT2D eigenvalue weighted by Crippen LogP contribution is -2.27. The topological polar surface area (TPSA) is 77.8 Å². The van der Waals surface area contributed by atoms with Gasteiger partial charge in [0.15, 0.2) is 0 Å². The summed E-state index contributed by atoms with van der Waals surface area (Å²) in [5.41, 5.74) is 0. The fourth-order valence-electron chi connectivity index (χ4n) is 2.58. The van der Waals surface area contributed by atoms with E-state index in [9.17, 15) is 14.7 Å². The molecule has 1 aliphatic rings. The van der Waals surface area contributed by atoms with Crippen molar-refractivity contribution in [1.29, 1.82) is 0 Å². The van der Waals surface area contributed by atoms with Crippen molar-refractivity contribution < 1.29 is 19.8 Å². The maximum absolute atomic E-state index is 12.1. The van der Waals surface area contributed by atoms with Crippen LogP contribution in [-0.2, 0) is 4.79 Å². The number of carbonyl (C=O) groups excluding carboxylic acids is 1. The number of aliphatic hydroxyl groups is 1. The van der Waals surface area contributed by atoms with Crippen LogP contribution in [0.1, 0.15) is 54.1 Å². The summed E-state index contributed by atoms with van der Waals surface area (Å²) in [6, 6.07) is 5.79. The minimum atomic E-state index is -0.988. The second-order valence-electron chi connectivity index (χ2n) is 6.34. The molecule has 1 fully saturated rings. The Morgan fingerprint density at radius 3 is 2.89 bits per heavy atom. The van der Waals surface area contributed by atoms with E-state index < -0.39 is 12.1 Å². The predicted octanol–water partition coefficient (Wildman–Crippen LogP) is 3.10. The number of likely N-dealkylation sites (tertiary alicyclic amines) is 1. The highest BCUT2D eigenvalue weighted by Gasteiger charge is 2.28. The minimum Gasteiger partial charge on any atom is -0.477 e. The van der Waals surface area contributed by atoms with Crippen molar-refractivity contribution in [2.45, 2.75) is 51.7 Å². The van der Waals surface area contributed by atoms with Crippen molar-refractivity contribution in [2.75, 3.05) is 0 Å². The Balaban J connectivity index is 2.03. The molecule has 1 aromatic heterocycles. The zero-order valence-electron chi connectivity index (χ0n) is 15.4. The average Bonchev–Trinajstić information content (AvgIpc) is 3.25. The van der Waals surface area contributed by atoms with Gasteiger partial charge in [0.25, 0.3) is 0 Å². The highest BCUT2D eigenvalue weighted by atomic mass is 32.1. The number of aromatic carboxylic acids is 1. The summed E-state index contributed by atoms with van der Waals surface area (Å²) >= 11 is 1.08. The molecule has 3 atom stereocenters. The van der Waals surface area contributed by atoms with Gasteiger partial charge in [-0.2, -0.15) is 0 Å². The van der Waals surface area contributed by atoms with Gasteiger partial charge in [-0.25, -0.2) is 4.79 Å². The van der Waals surface area contributed by atoms with Crippen LogP contribution in [0.2, 0.25) is 0 Å². The fraction of sp³-hybridized carbons (Fsp3) is 0.429. The first kappa shape index (κ1) is 20.8. The number of rotatable bonds is 5. The van der Waals surface area contributed by atoms with Crippen molar-refractivity contribution in [2.24, 2.45) is 5.92 Å². The predicted molar refractivity (Wildman–Crippen MR) is 105 cm³/mol. The minimum absolute atomic E-state index is 0.0116. The number of carboxylic acid groups (broad SMARTS) is 1. The SMILES string of the molecule is CCC#CCC(C)C(O)/C=C/[C@H]1CCC(=O)N1C#Cc1ccc(C(=O)O)s1. The summed E-state index contributed by atoms with van der Waals surface area (Å²) in [5, 5.41) is 19.2. The van der Waals surface area contributed by atoms with E-state index >= 15 is 0 Å². The van der Waals surface area contributed by atoms with Crippen LogP contribution in [0.25, 0.3) is 0 Å². The molecule has 5 nitrogen and oxygen atoms in total. The van der Waals surface area contributed by atoms with Gasteiger partial charge in [0, 0.05) is 25.3 Å². The number of amides is 1. The Morgan fingerprint density at radius 1 is 1.44 bits per heavy atom. The summed E-state index contributed by atoms with van der Waals surface area (Å²) in [4.78, 5) is 25.3. The normalized spacial score (nSPS) is 18.6. The molecule has 142 valence electrons. The first-order valence-electron chi connectivity index (χ1n) is 8.91. The molecule has 2 heterocycles. The quantitative estimate of drug-likeness (QED) is 0.603. The zero-order chi connectivity index (χ0) is 19.8. The third-order valence-corrected chi connectivity index (χ3v) is 5.20. The zero-order valence-corrected chi connectivity index (χ0v) is 16.3. The summed E-state index contributed by atoms with van der Waals surface area (Å²) < 4.78 is 0.